The number of hydrogen-bond donors (Lipinski definition) is 0. The van der Waals surface area contributed by atoms with Crippen LogP contribution in [0.4, 0.5) is 13.2 Å². The lowest BCUT2D eigenvalue weighted by Crippen LogP contribution is -2.31. The van der Waals surface area contributed by atoms with E-state index in [1.54, 1.807) is 6.92 Å². The molecule has 0 N–H and O–H groups in total. The maximum absolute atomic E-state index is 12.1. The predicted octanol–water partition coefficient (Wildman–Crippen LogP) is 2.11. The smallest absolute Gasteiger partial charge is 0.425 e. The predicted molar refractivity (Wildman–Crippen MR) is 42.9 cm³/mol. The lowest BCUT2D eigenvalue weighted by molar-refractivity contribution is -0.190. The van der Waals surface area contributed by atoms with Gasteiger partial charge in [-0.2, -0.15) is 13.2 Å². The first-order chi connectivity index (χ1) is 6.39. The van der Waals surface area contributed by atoms with Gasteiger partial charge in [0.1, 0.15) is 6.33 Å². The van der Waals surface area contributed by atoms with E-state index in [4.69, 9.17) is 0 Å². The number of aromatic nitrogens is 2. The van der Waals surface area contributed by atoms with Crippen molar-refractivity contribution in [2.24, 2.45) is 0 Å². The van der Waals surface area contributed by atoms with Crippen molar-refractivity contribution in [1.82, 2.24) is 9.97 Å². The summed E-state index contributed by atoms with van der Waals surface area (Å²) in [5, 5.41) is 0. The molecule has 0 aromatic carbocycles. The highest BCUT2D eigenvalue weighted by Gasteiger charge is 2.38. The first kappa shape index (κ1) is 10.7. The van der Waals surface area contributed by atoms with Gasteiger partial charge >= 0.3 is 6.18 Å². The molecule has 0 saturated carbocycles. The van der Waals surface area contributed by atoms with E-state index in [-0.39, 0.29) is 5.88 Å². The Bertz CT molecular complexity index is 314. The average Bonchev–Trinajstić information content (AvgIpc) is 2.02. The Kier molecular flexibility index (Phi) is 2.93. The SMILES string of the molecule is Cc1cc(O[C@H](C)C(F)(F)F)ncn1. The molecule has 0 radical (unpaired) electrons. The summed E-state index contributed by atoms with van der Waals surface area (Å²) in [6, 6.07) is 1.35. The zero-order valence-corrected chi connectivity index (χ0v) is 7.67. The van der Waals surface area contributed by atoms with Crippen molar-refractivity contribution in [3.05, 3.63) is 18.1 Å². The fourth-order valence-corrected chi connectivity index (χ4v) is 0.742. The van der Waals surface area contributed by atoms with Crippen LogP contribution in [0.3, 0.4) is 0 Å². The Balaban J connectivity index is 2.70. The van der Waals surface area contributed by atoms with Gasteiger partial charge in [-0.1, -0.05) is 0 Å². The lowest BCUT2D eigenvalue weighted by Gasteiger charge is -2.16. The van der Waals surface area contributed by atoms with Crippen molar-refractivity contribution in [3.8, 4) is 5.88 Å². The summed E-state index contributed by atoms with van der Waals surface area (Å²) in [6.07, 6.45) is -5.08. The number of rotatable bonds is 2. The van der Waals surface area contributed by atoms with Crippen LogP contribution in [0, 0.1) is 6.92 Å². The standard InChI is InChI=1S/C8H9F3N2O/c1-5-3-7(13-4-12-5)14-6(2)8(9,10)11/h3-4,6H,1-2H3/t6-/m1/s1. The van der Waals surface area contributed by atoms with Gasteiger partial charge in [-0.25, -0.2) is 9.97 Å². The van der Waals surface area contributed by atoms with E-state index >= 15 is 0 Å². The van der Waals surface area contributed by atoms with Crippen LogP contribution in [0.1, 0.15) is 12.6 Å². The largest absolute Gasteiger partial charge is 0.465 e. The van der Waals surface area contributed by atoms with E-state index < -0.39 is 12.3 Å². The molecule has 0 unspecified atom stereocenters. The van der Waals surface area contributed by atoms with Gasteiger partial charge in [0, 0.05) is 11.8 Å². The minimum absolute atomic E-state index is 0.0673. The summed E-state index contributed by atoms with van der Waals surface area (Å²) in [5.74, 6) is -0.0673. The third-order valence-electron chi connectivity index (χ3n) is 1.54. The zero-order chi connectivity index (χ0) is 10.8. The molecule has 6 heteroatoms. The van der Waals surface area contributed by atoms with Crippen LogP contribution in [0.15, 0.2) is 12.4 Å². The van der Waals surface area contributed by atoms with Crippen LogP contribution in [0.2, 0.25) is 0 Å². The van der Waals surface area contributed by atoms with Gasteiger partial charge in [-0.15, -0.1) is 0 Å². The van der Waals surface area contributed by atoms with Crippen molar-refractivity contribution in [3.63, 3.8) is 0 Å². The van der Waals surface area contributed by atoms with Gasteiger partial charge < -0.3 is 4.74 Å². The highest BCUT2D eigenvalue weighted by Crippen LogP contribution is 2.23. The quantitative estimate of drug-likeness (QED) is 0.743. The van der Waals surface area contributed by atoms with Crippen LogP contribution < -0.4 is 4.74 Å². The Morgan fingerprint density at radius 1 is 1.36 bits per heavy atom. The second-order valence-corrected chi connectivity index (χ2v) is 2.80. The normalized spacial score (nSPS) is 13.8. The summed E-state index contributed by atoms with van der Waals surface area (Å²) in [5.41, 5.74) is 0.560. The van der Waals surface area contributed by atoms with Gasteiger partial charge in [-0.05, 0) is 13.8 Å². The molecule has 1 heterocycles. The summed E-state index contributed by atoms with van der Waals surface area (Å²) < 4.78 is 40.8. The third-order valence-corrected chi connectivity index (χ3v) is 1.54. The molecule has 0 aliphatic rings. The van der Waals surface area contributed by atoms with Crippen molar-refractivity contribution in [2.45, 2.75) is 26.1 Å². The zero-order valence-electron chi connectivity index (χ0n) is 7.67. The van der Waals surface area contributed by atoms with E-state index in [0.29, 0.717) is 5.69 Å². The number of aryl methyl sites for hydroxylation is 1. The summed E-state index contributed by atoms with van der Waals surface area (Å²) >= 11 is 0. The molecule has 1 atom stereocenters. The highest BCUT2D eigenvalue weighted by atomic mass is 19.4. The number of halogens is 3. The maximum atomic E-state index is 12.1. The first-order valence-electron chi connectivity index (χ1n) is 3.91. The molecular weight excluding hydrogens is 197 g/mol. The van der Waals surface area contributed by atoms with Crippen LogP contribution in [-0.4, -0.2) is 22.2 Å². The number of hydrogen-bond acceptors (Lipinski definition) is 3. The van der Waals surface area contributed by atoms with E-state index in [0.717, 1.165) is 13.3 Å². The molecule has 0 spiro atoms. The monoisotopic (exact) mass is 206 g/mol. The highest BCUT2D eigenvalue weighted by molar-refractivity contribution is 5.12. The van der Waals surface area contributed by atoms with Crippen molar-refractivity contribution in [2.75, 3.05) is 0 Å². The van der Waals surface area contributed by atoms with Crippen LogP contribution in [0.5, 0.6) is 5.88 Å². The molecule has 3 nitrogen and oxygen atoms in total. The molecule has 0 amide bonds. The van der Waals surface area contributed by atoms with Crippen molar-refractivity contribution < 1.29 is 17.9 Å². The summed E-state index contributed by atoms with van der Waals surface area (Å²) in [4.78, 5) is 7.30. The third kappa shape index (κ3) is 2.86. The van der Waals surface area contributed by atoms with Crippen molar-refractivity contribution >= 4 is 0 Å². The van der Waals surface area contributed by atoms with Gasteiger partial charge in [0.25, 0.3) is 0 Å². The minimum atomic E-state index is -4.38. The Hall–Kier alpha value is -1.33. The molecule has 1 aromatic rings. The summed E-state index contributed by atoms with van der Waals surface area (Å²) in [6.45, 7) is 2.57. The van der Waals surface area contributed by atoms with E-state index in [9.17, 15) is 13.2 Å². The Labute approximate surface area is 78.9 Å². The number of nitrogens with zero attached hydrogens (tertiary/aromatic N) is 2. The van der Waals surface area contributed by atoms with Gasteiger partial charge in [0.2, 0.25) is 5.88 Å². The van der Waals surface area contributed by atoms with Gasteiger partial charge in [0.05, 0.1) is 0 Å². The first-order valence-corrected chi connectivity index (χ1v) is 3.91. The molecule has 1 rings (SSSR count). The molecule has 14 heavy (non-hydrogen) atoms. The second kappa shape index (κ2) is 3.81. The minimum Gasteiger partial charge on any atom is -0.465 e. The van der Waals surface area contributed by atoms with Gasteiger partial charge in [0.15, 0.2) is 6.10 Å². The topological polar surface area (TPSA) is 35.0 Å². The molecule has 0 saturated heterocycles. The van der Waals surface area contributed by atoms with Gasteiger partial charge in [-0.3, -0.25) is 0 Å². The second-order valence-electron chi connectivity index (χ2n) is 2.80. The van der Waals surface area contributed by atoms with E-state index in [1.165, 1.54) is 6.07 Å². The lowest BCUT2D eigenvalue weighted by atomic mass is 10.4. The van der Waals surface area contributed by atoms with Crippen LogP contribution >= 0.6 is 0 Å². The Morgan fingerprint density at radius 3 is 2.50 bits per heavy atom. The maximum Gasteiger partial charge on any atom is 0.425 e. The molecular formula is C8H9F3N2O. The molecule has 0 fully saturated rings. The van der Waals surface area contributed by atoms with Crippen LogP contribution in [0.25, 0.3) is 0 Å². The molecule has 1 aromatic heterocycles. The summed E-state index contributed by atoms with van der Waals surface area (Å²) in [7, 11) is 0. The van der Waals surface area contributed by atoms with Crippen molar-refractivity contribution in [1.29, 1.82) is 0 Å². The fraction of sp³-hybridized carbons (Fsp3) is 0.500. The van der Waals surface area contributed by atoms with E-state index in [1.807, 2.05) is 0 Å². The number of ether oxygens (including phenoxy) is 1. The Morgan fingerprint density at radius 2 is 2.00 bits per heavy atom. The molecule has 0 aliphatic heterocycles. The van der Waals surface area contributed by atoms with Crippen LogP contribution in [-0.2, 0) is 0 Å². The average molecular weight is 206 g/mol. The molecule has 0 aliphatic carbocycles. The molecule has 0 bridgehead atoms. The number of alkyl halides is 3. The fourth-order valence-electron chi connectivity index (χ4n) is 0.742. The van der Waals surface area contributed by atoms with E-state index in [2.05, 4.69) is 14.7 Å². The molecule has 78 valence electrons.